The van der Waals surface area contributed by atoms with Gasteiger partial charge in [0, 0.05) is 0 Å². The molecule has 4 nitrogen and oxygen atoms in total. The van der Waals surface area contributed by atoms with Crippen LogP contribution in [0.3, 0.4) is 0 Å². The molecule has 74 valence electrons. The van der Waals surface area contributed by atoms with E-state index in [0.717, 1.165) is 0 Å². The Kier molecular flexibility index (Phi) is 3.07. The third-order valence-corrected chi connectivity index (χ3v) is 4.53. The van der Waals surface area contributed by atoms with Crippen molar-refractivity contribution in [3.05, 3.63) is 15.8 Å². The Labute approximate surface area is 81.3 Å². The zero-order valence-electron chi connectivity index (χ0n) is 7.36. The van der Waals surface area contributed by atoms with Gasteiger partial charge in [0.2, 0.25) is 10.0 Å². The van der Waals surface area contributed by atoms with Crippen molar-refractivity contribution in [2.24, 2.45) is 0 Å². The van der Waals surface area contributed by atoms with E-state index in [4.69, 9.17) is 5.11 Å². The maximum atomic E-state index is 11.4. The fourth-order valence-corrected chi connectivity index (χ4v) is 3.44. The van der Waals surface area contributed by atoms with Crippen molar-refractivity contribution in [2.45, 2.75) is 18.4 Å². The molecule has 0 atom stereocenters. The van der Waals surface area contributed by atoms with Gasteiger partial charge in [0.05, 0.1) is 11.5 Å². The van der Waals surface area contributed by atoms with Gasteiger partial charge in [0.25, 0.3) is 0 Å². The number of hydrogen-bond acceptors (Lipinski definition) is 4. The number of hydrogen-bond donors (Lipinski definition) is 2. The van der Waals surface area contributed by atoms with Crippen molar-refractivity contribution in [2.75, 3.05) is 7.05 Å². The average molecular weight is 221 g/mol. The summed E-state index contributed by atoms with van der Waals surface area (Å²) in [6, 6.07) is 0. The van der Waals surface area contributed by atoms with Gasteiger partial charge in [-0.3, -0.25) is 0 Å². The zero-order valence-corrected chi connectivity index (χ0v) is 9.00. The third kappa shape index (κ3) is 1.91. The Balaban J connectivity index is 3.35. The molecule has 0 saturated heterocycles. The van der Waals surface area contributed by atoms with Crippen LogP contribution in [0.15, 0.2) is 10.3 Å². The number of rotatable bonds is 3. The van der Waals surface area contributed by atoms with Crippen LogP contribution >= 0.6 is 11.3 Å². The Morgan fingerprint density at radius 1 is 1.62 bits per heavy atom. The first-order valence-corrected chi connectivity index (χ1v) is 6.00. The van der Waals surface area contributed by atoms with Crippen LogP contribution in [-0.2, 0) is 16.6 Å². The average Bonchev–Trinajstić information content (AvgIpc) is 2.47. The summed E-state index contributed by atoms with van der Waals surface area (Å²) in [5, 5.41) is 10.6. The molecule has 2 N–H and O–H groups in total. The molecule has 6 heteroatoms. The predicted octanol–water partition coefficient (Wildman–Crippen LogP) is 0.457. The number of sulfonamides is 1. The van der Waals surface area contributed by atoms with Crippen LogP contribution in [0.25, 0.3) is 0 Å². The lowest BCUT2D eigenvalue weighted by Crippen LogP contribution is -2.20. The normalized spacial score (nSPS) is 11.9. The van der Waals surface area contributed by atoms with Crippen LogP contribution < -0.4 is 4.72 Å². The number of aliphatic hydroxyl groups is 1. The van der Waals surface area contributed by atoms with E-state index in [-0.39, 0.29) is 11.5 Å². The molecule has 1 rings (SSSR count). The van der Waals surface area contributed by atoms with E-state index in [2.05, 4.69) is 4.72 Å². The molecule has 0 radical (unpaired) electrons. The highest BCUT2D eigenvalue weighted by Gasteiger charge is 2.20. The standard InChI is InChI=1S/C7H11NO3S2/c1-5-4-12-6(3-9)7(5)13(10,11)8-2/h4,8-9H,3H2,1-2H3. The smallest absolute Gasteiger partial charge is 0.241 e. The molecule has 0 aliphatic heterocycles. The minimum atomic E-state index is -3.43. The summed E-state index contributed by atoms with van der Waals surface area (Å²) in [5.74, 6) is 0. The number of aliphatic hydroxyl groups excluding tert-OH is 1. The van der Waals surface area contributed by atoms with Crippen molar-refractivity contribution in [1.82, 2.24) is 4.72 Å². The Hall–Kier alpha value is -0.430. The number of thiophene rings is 1. The van der Waals surface area contributed by atoms with Gasteiger partial charge in [0.1, 0.15) is 4.90 Å². The summed E-state index contributed by atoms with van der Waals surface area (Å²) in [4.78, 5) is 0.689. The molecule has 0 saturated carbocycles. The topological polar surface area (TPSA) is 66.4 Å². The van der Waals surface area contributed by atoms with Gasteiger partial charge in [-0.1, -0.05) is 0 Å². The first kappa shape index (κ1) is 10.6. The van der Waals surface area contributed by atoms with Crippen LogP contribution in [0, 0.1) is 6.92 Å². The van der Waals surface area contributed by atoms with E-state index in [1.54, 1.807) is 12.3 Å². The third-order valence-electron chi connectivity index (χ3n) is 1.67. The lowest BCUT2D eigenvalue weighted by atomic mass is 10.3. The maximum absolute atomic E-state index is 11.4. The number of nitrogens with one attached hydrogen (secondary N) is 1. The molecule has 0 spiro atoms. The second-order valence-electron chi connectivity index (χ2n) is 2.54. The van der Waals surface area contributed by atoms with Crippen molar-refractivity contribution in [3.63, 3.8) is 0 Å². The van der Waals surface area contributed by atoms with Gasteiger partial charge in [0.15, 0.2) is 0 Å². The van der Waals surface area contributed by atoms with Crippen LogP contribution in [0.5, 0.6) is 0 Å². The van der Waals surface area contributed by atoms with Gasteiger partial charge in [-0.2, -0.15) is 0 Å². The molecule has 0 bridgehead atoms. The quantitative estimate of drug-likeness (QED) is 0.779. The minimum absolute atomic E-state index is 0.211. The fraction of sp³-hybridized carbons (Fsp3) is 0.429. The molecule has 1 aromatic rings. The van der Waals surface area contributed by atoms with Gasteiger partial charge >= 0.3 is 0 Å². The maximum Gasteiger partial charge on any atom is 0.241 e. The summed E-state index contributed by atoms with van der Waals surface area (Å²) < 4.78 is 25.1. The summed E-state index contributed by atoms with van der Waals surface area (Å²) in [7, 11) is -2.07. The Morgan fingerprint density at radius 3 is 2.69 bits per heavy atom. The molecule has 0 aliphatic carbocycles. The zero-order chi connectivity index (χ0) is 10.1. The second kappa shape index (κ2) is 3.75. The first-order valence-electron chi connectivity index (χ1n) is 3.64. The molecule has 0 amide bonds. The van der Waals surface area contributed by atoms with Gasteiger partial charge < -0.3 is 5.11 Å². The molecule has 13 heavy (non-hydrogen) atoms. The largest absolute Gasteiger partial charge is 0.391 e. The molecule has 0 aromatic carbocycles. The molecule has 0 fully saturated rings. The van der Waals surface area contributed by atoms with Crippen molar-refractivity contribution in [3.8, 4) is 0 Å². The summed E-state index contributed by atoms with van der Waals surface area (Å²) in [6.07, 6.45) is 0. The molecule has 0 unspecified atom stereocenters. The first-order chi connectivity index (χ1) is 6.03. The van der Waals surface area contributed by atoms with Gasteiger partial charge in [-0.15, -0.1) is 11.3 Å². The molecule has 1 aromatic heterocycles. The number of aryl methyl sites for hydroxylation is 1. The van der Waals surface area contributed by atoms with Crippen LogP contribution in [0.2, 0.25) is 0 Å². The SMILES string of the molecule is CNS(=O)(=O)c1c(C)csc1CO. The lowest BCUT2D eigenvalue weighted by molar-refractivity contribution is 0.282. The second-order valence-corrected chi connectivity index (χ2v) is 5.32. The minimum Gasteiger partial charge on any atom is -0.391 e. The summed E-state index contributed by atoms with van der Waals surface area (Å²) >= 11 is 1.25. The highest BCUT2D eigenvalue weighted by Crippen LogP contribution is 2.26. The molecular formula is C7H11NO3S2. The lowest BCUT2D eigenvalue weighted by Gasteiger charge is -2.03. The molecular weight excluding hydrogens is 210 g/mol. The van der Waals surface area contributed by atoms with Crippen molar-refractivity contribution in [1.29, 1.82) is 0 Å². The van der Waals surface area contributed by atoms with E-state index in [1.165, 1.54) is 18.4 Å². The van der Waals surface area contributed by atoms with Gasteiger partial charge in [-0.25, -0.2) is 13.1 Å². The Bertz CT molecular complexity index is 394. The predicted molar refractivity (Wildman–Crippen MR) is 51.2 cm³/mol. The highest BCUT2D eigenvalue weighted by molar-refractivity contribution is 7.89. The van der Waals surface area contributed by atoms with E-state index in [1.807, 2.05) is 0 Å². The van der Waals surface area contributed by atoms with Crippen LogP contribution in [0.4, 0.5) is 0 Å². The van der Waals surface area contributed by atoms with E-state index >= 15 is 0 Å². The van der Waals surface area contributed by atoms with Crippen molar-refractivity contribution < 1.29 is 13.5 Å². The van der Waals surface area contributed by atoms with Crippen LogP contribution in [0.1, 0.15) is 10.4 Å². The van der Waals surface area contributed by atoms with Gasteiger partial charge in [-0.05, 0) is 24.9 Å². The van der Waals surface area contributed by atoms with E-state index < -0.39 is 10.0 Å². The van der Waals surface area contributed by atoms with E-state index in [0.29, 0.717) is 10.4 Å². The highest BCUT2D eigenvalue weighted by atomic mass is 32.2. The summed E-state index contributed by atoms with van der Waals surface area (Å²) in [5.41, 5.74) is 0.670. The van der Waals surface area contributed by atoms with Crippen LogP contribution in [-0.4, -0.2) is 20.6 Å². The summed E-state index contributed by atoms with van der Waals surface area (Å²) in [6.45, 7) is 1.47. The molecule has 0 aliphatic rings. The van der Waals surface area contributed by atoms with E-state index in [9.17, 15) is 8.42 Å². The monoisotopic (exact) mass is 221 g/mol. The Morgan fingerprint density at radius 2 is 2.23 bits per heavy atom. The molecule has 1 heterocycles. The fourth-order valence-electron chi connectivity index (χ4n) is 1.06. The van der Waals surface area contributed by atoms with Crippen molar-refractivity contribution >= 4 is 21.4 Å².